The molecule has 0 saturated carbocycles. The van der Waals surface area contributed by atoms with Crippen LogP contribution in [0.4, 0.5) is 4.39 Å². The van der Waals surface area contributed by atoms with Crippen LogP contribution in [0, 0.1) is 11.7 Å². The van der Waals surface area contributed by atoms with E-state index in [1.165, 1.54) is 18.9 Å². The maximum absolute atomic E-state index is 13.6. The van der Waals surface area contributed by atoms with Crippen LogP contribution in [0.1, 0.15) is 43.2 Å². The van der Waals surface area contributed by atoms with Gasteiger partial charge in [0.2, 0.25) is 5.91 Å². The Morgan fingerprint density at radius 1 is 1.35 bits per heavy atom. The van der Waals surface area contributed by atoms with Gasteiger partial charge >= 0.3 is 0 Å². The first kappa shape index (κ1) is 16.4. The second-order valence-electron chi connectivity index (χ2n) is 6.81. The van der Waals surface area contributed by atoms with E-state index in [-0.39, 0.29) is 18.3 Å². The van der Waals surface area contributed by atoms with E-state index >= 15 is 0 Å². The van der Waals surface area contributed by atoms with E-state index in [9.17, 15) is 9.18 Å². The zero-order valence-corrected chi connectivity index (χ0v) is 13.6. The van der Waals surface area contributed by atoms with Gasteiger partial charge in [-0.2, -0.15) is 0 Å². The van der Waals surface area contributed by atoms with Gasteiger partial charge in [0.1, 0.15) is 5.82 Å². The third-order valence-corrected chi connectivity index (χ3v) is 4.94. The minimum absolute atomic E-state index is 0.0916. The van der Waals surface area contributed by atoms with Gasteiger partial charge in [0, 0.05) is 37.7 Å². The van der Waals surface area contributed by atoms with Crippen LogP contribution in [0.3, 0.4) is 0 Å². The molecule has 2 unspecified atom stereocenters. The summed E-state index contributed by atoms with van der Waals surface area (Å²) in [7, 11) is 1.54. The van der Waals surface area contributed by atoms with Crippen molar-refractivity contribution in [2.45, 2.75) is 57.3 Å². The van der Waals surface area contributed by atoms with E-state index in [0.29, 0.717) is 36.5 Å². The highest BCUT2D eigenvalue weighted by Crippen LogP contribution is 2.32. The highest BCUT2D eigenvalue weighted by atomic mass is 19.1. The lowest BCUT2D eigenvalue weighted by Gasteiger charge is -2.28. The van der Waals surface area contributed by atoms with Gasteiger partial charge in [-0.3, -0.25) is 4.79 Å². The minimum Gasteiger partial charge on any atom is -0.380 e. The van der Waals surface area contributed by atoms with Gasteiger partial charge in [-0.15, -0.1) is 0 Å². The summed E-state index contributed by atoms with van der Waals surface area (Å²) in [6, 6.07) is 6.12. The lowest BCUT2D eigenvalue weighted by atomic mass is 9.89. The van der Waals surface area contributed by atoms with E-state index in [4.69, 9.17) is 4.74 Å². The number of piperidine rings is 1. The Bertz CT molecular complexity index is 552. The predicted octanol–water partition coefficient (Wildman–Crippen LogP) is 2.51. The van der Waals surface area contributed by atoms with Crippen LogP contribution in [0.5, 0.6) is 0 Å². The molecule has 4 nitrogen and oxygen atoms in total. The molecule has 0 radical (unpaired) electrons. The zero-order valence-electron chi connectivity index (χ0n) is 13.6. The largest absolute Gasteiger partial charge is 0.380 e. The Labute approximate surface area is 136 Å². The Kier molecular flexibility index (Phi) is 5.28. The molecule has 126 valence electrons. The van der Waals surface area contributed by atoms with Gasteiger partial charge in [0.25, 0.3) is 0 Å². The molecule has 2 saturated heterocycles. The number of benzene rings is 1. The number of nitrogens with one attached hydrogen (secondary N) is 2. The van der Waals surface area contributed by atoms with E-state index in [1.54, 1.807) is 19.2 Å². The molecule has 2 fully saturated rings. The van der Waals surface area contributed by atoms with Crippen molar-refractivity contribution in [1.82, 2.24) is 10.6 Å². The molecule has 0 spiro atoms. The van der Waals surface area contributed by atoms with E-state index in [1.807, 2.05) is 0 Å². The first-order chi connectivity index (χ1) is 11.1. The van der Waals surface area contributed by atoms with Crippen LogP contribution in [-0.4, -0.2) is 25.1 Å². The molecule has 2 atom stereocenters. The number of hydrogen-bond acceptors (Lipinski definition) is 3. The number of hydrogen-bond donors (Lipinski definition) is 2. The number of rotatable bonds is 6. The molecule has 2 heterocycles. The van der Waals surface area contributed by atoms with Crippen LogP contribution < -0.4 is 10.6 Å². The molecule has 2 aliphatic heterocycles. The van der Waals surface area contributed by atoms with Crippen molar-refractivity contribution in [3.8, 4) is 0 Å². The monoisotopic (exact) mass is 320 g/mol. The SMILES string of the molecule is COCc1cc(CNC(=O)CC2CC3CCC(C2)N3)ccc1F. The first-order valence-electron chi connectivity index (χ1n) is 8.43. The molecule has 23 heavy (non-hydrogen) atoms. The van der Waals surface area contributed by atoms with Crippen LogP contribution in [0.2, 0.25) is 0 Å². The Balaban J connectivity index is 1.48. The molecule has 0 aliphatic carbocycles. The van der Waals surface area contributed by atoms with Crippen molar-refractivity contribution >= 4 is 5.91 Å². The highest BCUT2D eigenvalue weighted by molar-refractivity contribution is 5.76. The minimum atomic E-state index is -0.271. The summed E-state index contributed by atoms with van der Waals surface area (Å²) in [5.74, 6) is 0.312. The van der Waals surface area contributed by atoms with E-state index in [0.717, 1.165) is 18.4 Å². The fourth-order valence-electron chi connectivity index (χ4n) is 3.88. The summed E-state index contributed by atoms with van der Waals surface area (Å²) >= 11 is 0. The summed E-state index contributed by atoms with van der Waals surface area (Å²) in [4.78, 5) is 12.2. The number of amides is 1. The fourth-order valence-corrected chi connectivity index (χ4v) is 3.88. The molecule has 1 aromatic carbocycles. The summed E-state index contributed by atoms with van der Waals surface area (Å²) in [5, 5.41) is 6.56. The third kappa shape index (κ3) is 4.30. The molecule has 2 aliphatic rings. The van der Waals surface area contributed by atoms with Crippen LogP contribution in [0.25, 0.3) is 0 Å². The molecule has 2 N–H and O–H groups in total. The normalized spacial score (nSPS) is 26.3. The van der Waals surface area contributed by atoms with E-state index in [2.05, 4.69) is 10.6 Å². The summed E-state index contributed by atoms with van der Waals surface area (Å²) in [6.45, 7) is 0.680. The molecule has 2 bridgehead atoms. The molecule has 1 aromatic rings. The Morgan fingerprint density at radius 2 is 2.09 bits per heavy atom. The smallest absolute Gasteiger partial charge is 0.220 e. The second-order valence-corrected chi connectivity index (χ2v) is 6.81. The van der Waals surface area contributed by atoms with Gasteiger partial charge in [0.15, 0.2) is 0 Å². The van der Waals surface area contributed by atoms with Crippen molar-refractivity contribution in [3.05, 3.63) is 35.1 Å². The fraction of sp³-hybridized carbons (Fsp3) is 0.611. The van der Waals surface area contributed by atoms with Crippen LogP contribution >= 0.6 is 0 Å². The number of halogens is 1. The van der Waals surface area contributed by atoms with Gasteiger partial charge in [-0.05, 0) is 49.3 Å². The number of carbonyl (C=O) groups excluding carboxylic acids is 1. The second kappa shape index (κ2) is 7.41. The van der Waals surface area contributed by atoms with Crippen molar-refractivity contribution in [1.29, 1.82) is 0 Å². The third-order valence-electron chi connectivity index (χ3n) is 4.94. The summed E-state index contributed by atoms with van der Waals surface area (Å²) in [6.07, 6.45) is 5.32. The van der Waals surface area contributed by atoms with Crippen LogP contribution in [0.15, 0.2) is 18.2 Å². The van der Waals surface area contributed by atoms with Gasteiger partial charge in [0.05, 0.1) is 6.61 Å². The van der Waals surface area contributed by atoms with Gasteiger partial charge < -0.3 is 15.4 Å². The van der Waals surface area contributed by atoms with Crippen molar-refractivity contribution in [2.75, 3.05) is 7.11 Å². The number of carbonyl (C=O) groups is 1. The average molecular weight is 320 g/mol. The zero-order chi connectivity index (χ0) is 16.2. The van der Waals surface area contributed by atoms with Crippen molar-refractivity contribution in [2.24, 2.45) is 5.92 Å². The standard InChI is InChI=1S/C18H25FN2O2/c1-23-11-14-6-12(2-5-17(14)19)10-20-18(22)9-13-7-15-3-4-16(8-13)21-15/h2,5-6,13,15-16,21H,3-4,7-11H2,1H3,(H,20,22). The molecular weight excluding hydrogens is 295 g/mol. The average Bonchev–Trinajstić information content (AvgIpc) is 2.87. The van der Waals surface area contributed by atoms with Crippen molar-refractivity contribution < 1.29 is 13.9 Å². The lowest BCUT2D eigenvalue weighted by molar-refractivity contribution is -0.122. The summed E-state index contributed by atoms with van der Waals surface area (Å²) in [5.41, 5.74) is 1.42. The highest BCUT2D eigenvalue weighted by Gasteiger charge is 2.34. The van der Waals surface area contributed by atoms with Gasteiger partial charge in [-0.1, -0.05) is 6.07 Å². The van der Waals surface area contributed by atoms with E-state index < -0.39 is 0 Å². The molecule has 5 heteroatoms. The molecule has 0 aromatic heterocycles. The van der Waals surface area contributed by atoms with Crippen molar-refractivity contribution in [3.63, 3.8) is 0 Å². The summed E-state index contributed by atoms with van der Waals surface area (Å²) < 4.78 is 18.6. The Morgan fingerprint density at radius 3 is 2.78 bits per heavy atom. The maximum Gasteiger partial charge on any atom is 0.220 e. The van der Waals surface area contributed by atoms with Crippen LogP contribution in [-0.2, 0) is 22.7 Å². The number of fused-ring (bicyclic) bond motifs is 2. The van der Waals surface area contributed by atoms with Gasteiger partial charge in [-0.25, -0.2) is 4.39 Å². The molecule has 3 rings (SSSR count). The Hall–Kier alpha value is -1.46. The molecule has 1 amide bonds. The topological polar surface area (TPSA) is 50.4 Å². The molecular formula is C18H25FN2O2. The first-order valence-corrected chi connectivity index (χ1v) is 8.43. The maximum atomic E-state index is 13.6. The lowest BCUT2D eigenvalue weighted by Crippen LogP contribution is -2.39. The quantitative estimate of drug-likeness (QED) is 0.847. The number of methoxy groups -OCH3 is 1. The number of ether oxygens (including phenoxy) is 1. The predicted molar refractivity (Wildman–Crippen MR) is 86.2 cm³/mol.